The predicted octanol–water partition coefficient (Wildman–Crippen LogP) is 1.38. The molecule has 0 aliphatic carbocycles. The topological polar surface area (TPSA) is 41.6 Å². The number of rotatable bonds is 3. The zero-order chi connectivity index (χ0) is 13.8. The molecule has 2 heterocycles. The minimum absolute atomic E-state index is 0.0482. The Hall–Kier alpha value is -1.39. The van der Waals surface area contributed by atoms with E-state index in [4.69, 9.17) is 4.74 Å². The highest BCUT2D eigenvalue weighted by molar-refractivity contribution is 5.77. The van der Waals surface area contributed by atoms with Gasteiger partial charge >= 0.3 is 0 Å². The lowest BCUT2D eigenvalue weighted by Crippen LogP contribution is -2.42. The minimum atomic E-state index is 0.0482. The van der Waals surface area contributed by atoms with E-state index in [1.165, 1.54) is 5.56 Å². The van der Waals surface area contributed by atoms with Gasteiger partial charge in [0.25, 0.3) is 0 Å². The third-order valence-electron chi connectivity index (χ3n) is 4.22. The SMILES string of the molecule is O=C(CC1CNCCO1)N1CCC(c2ccccc2)C1. The monoisotopic (exact) mass is 274 g/mol. The Morgan fingerprint density at radius 3 is 2.95 bits per heavy atom. The number of benzene rings is 1. The number of carbonyl (C=O) groups excluding carboxylic acids is 1. The lowest BCUT2D eigenvalue weighted by molar-refractivity contribution is -0.133. The van der Waals surface area contributed by atoms with Crippen LogP contribution in [0.25, 0.3) is 0 Å². The summed E-state index contributed by atoms with van der Waals surface area (Å²) in [4.78, 5) is 14.3. The molecule has 108 valence electrons. The first kappa shape index (κ1) is 13.6. The second-order valence-electron chi connectivity index (χ2n) is 5.64. The first-order valence-corrected chi connectivity index (χ1v) is 7.48. The van der Waals surface area contributed by atoms with Crippen molar-refractivity contribution >= 4 is 5.91 Å². The molecular weight excluding hydrogens is 252 g/mol. The van der Waals surface area contributed by atoms with Gasteiger partial charge in [0, 0.05) is 32.1 Å². The molecule has 1 amide bonds. The van der Waals surface area contributed by atoms with Crippen LogP contribution in [-0.4, -0.2) is 49.7 Å². The lowest BCUT2D eigenvalue weighted by atomic mass is 9.99. The van der Waals surface area contributed by atoms with E-state index < -0.39 is 0 Å². The molecule has 1 aromatic rings. The van der Waals surface area contributed by atoms with Crippen LogP contribution in [0.1, 0.15) is 24.3 Å². The molecule has 4 nitrogen and oxygen atoms in total. The Balaban J connectivity index is 1.53. The second-order valence-corrected chi connectivity index (χ2v) is 5.64. The molecule has 20 heavy (non-hydrogen) atoms. The molecule has 1 aromatic carbocycles. The van der Waals surface area contributed by atoms with E-state index in [0.717, 1.165) is 32.6 Å². The molecule has 2 saturated heterocycles. The van der Waals surface area contributed by atoms with Crippen molar-refractivity contribution in [2.45, 2.75) is 24.9 Å². The van der Waals surface area contributed by atoms with E-state index in [1.807, 2.05) is 11.0 Å². The van der Waals surface area contributed by atoms with Crippen LogP contribution in [0.5, 0.6) is 0 Å². The molecule has 0 bridgehead atoms. The Kier molecular flexibility index (Phi) is 4.33. The number of hydrogen-bond acceptors (Lipinski definition) is 3. The van der Waals surface area contributed by atoms with Crippen LogP contribution < -0.4 is 5.32 Å². The highest BCUT2D eigenvalue weighted by Crippen LogP contribution is 2.27. The summed E-state index contributed by atoms with van der Waals surface area (Å²) in [7, 11) is 0. The molecule has 3 rings (SSSR count). The zero-order valence-corrected chi connectivity index (χ0v) is 11.8. The zero-order valence-electron chi connectivity index (χ0n) is 11.8. The van der Waals surface area contributed by atoms with Crippen LogP contribution in [0.15, 0.2) is 30.3 Å². The van der Waals surface area contributed by atoms with Crippen molar-refractivity contribution in [1.29, 1.82) is 0 Å². The average molecular weight is 274 g/mol. The molecule has 0 radical (unpaired) electrons. The minimum Gasteiger partial charge on any atom is -0.375 e. The highest BCUT2D eigenvalue weighted by Gasteiger charge is 2.29. The van der Waals surface area contributed by atoms with Gasteiger partial charge in [0.1, 0.15) is 0 Å². The van der Waals surface area contributed by atoms with E-state index in [1.54, 1.807) is 0 Å². The fourth-order valence-electron chi connectivity index (χ4n) is 3.06. The average Bonchev–Trinajstić information content (AvgIpc) is 2.99. The van der Waals surface area contributed by atoms with Crippen molar-refractivity contribution in [3.63, 3.8) is 0 Å². The van der Waals surface area contributed by atoms with Gasteiger partial charge in [-0.1, -0.05) is 30.3 Å². The third kappa shape index (κ3) is 3.19. The van der Waals surface area contributed by atoms with Gasteiger partial charge in [-0.25, -0.2) is 0 Å². The smallest absolute Gasteiger partial charge is 0.225 e. The Bertz CT molecular complexity index is 443. The lowest BCUT2D eigenvalue weighted by Gasteiger charge is -2.25. The predicted molar refractivity (Wildman–Crippen MR) is 77.6 cm³/mol. The first-order chi connectivity index (χ1) is 9.83. The normalized spacial score (nSPS) is 26.7. The molecular formula is C16H22N2O2. The van der Waals surface area contributed by atoms with E-state index in [-0.39, 0.29) is 12.0 Å². The van der Waals surface area contributed by atoms with Crippen molar-refractivity contribution < 1.29 is 9.53 Å². The summed E-state index contributed by atoms with van der Waals surface area (Å²) in [6.07, 6.45) is 1.63. The number of likely N-dealkylation sites (tertiary alicyclic amines) is 1. The largest absolute Gasteiger partial charge is 0.375 e. The number of nitrogens with one attached hydrogen (secondary N) is 1. The standard InChI is InChI=1S/C16H22N2O2/c19-16(10-15-11-17-7-9-20-15)18-8-6-14(12-18)13-4-2-1-3-5-13/h1-5,14-15,17H,6-12H2. The fourth-order valence-corrected chi connectivity index (χ4v) is 3.06. The summed E-state index contributed by atoms with van der Waals surface area (Å²) in [5.74, 6) is 0.725. The van der Waals surface area contributed by atoms with E-state index in [0.29, 0.717) is 18.9 Å². The maximum Gasteiger partial charge on any atom is 0.225 e. The summed E-state index contributed by atoms with van der Waals surface area (Å²) in [5, 5.41) is 3.27. The van der Waals surface area contributed by atoms with Crippen molar-refractivity contribution in [2.24, 2.45) is 0 Å². The molecule has 2 atom stereocenters. The number of nitrogens with zero attached hydrogens (tertiary/aromatic N) is 1. The molecule has 0 spiro atoms. The molecule has 0 saturated carbocycles. The first-order valence-electron chi connectivity index (χ1n) is 7.48. The van der Waals surface area contributed by atoms with Gasteiger partial charge in [0.2, 0.25) is 5.91 Å². The van der Waals surface area contributed by atoms with Crippen molar-refractivity contribution in [2.75, 3.05) is 32.8 Å². The highest BCUT2D eigenvalue weighted by atomic mass is 16.5. The quantitative estimate of drug-likeness (QED) is 0.905. The molecule has 2 aliphatic rings. The van der Waals surface area contributed by atoms with Crippen LogP contribution in [0.3, 0.4) is 0 Å². The molecule has 4 heteroatoms. The van der Waals surface area contributed by atoms with Gasteiger partial charge in [0.15, 0.2) is 0 Å². The third-order valence-corrected chi connectivity index (χ3v) is 4.22. The van der Waals surface area contributed by atoms with Crippen LogP contribution in [-0.2, 0) is 9.53 Å². The summed E-state index contributed by atoms with van der Waals surface area (Å²) in [6, 6.07) is 10.5. The summed E-state index contributed by atoms with van der Waals surface area (Å²) in [5.41, 5.74) is 1.35. The van der Waals surface area contributed by atoms with Crippen molar-refractivity contribution in [3.8, 4) is 0 Å². The van der Waals surface area contributed by atoms with Crippen LogP contribution in [0, 0.1) is 0 Å². The van der Waals surface area contributed by atoms with Crippen LogP contribution in [0.2, 0.25) is 0 Å². The van der Waals surface area contributed by atoms with E-state index >= 15 is 0 Å². The molecule has 1 N–H and O–H groups in total. The van der Waals surface area contributed by atoms with Crippen molar-refractivity contribution in [3.05, 3.63) is 35.9 Å². The summed E-state index contributed by atoms with van der Waals surface area (Å²) < 4.78 is 5.61. The van der Waals surface area contributed by atoms with Gasteiger partial charge in [0.05, 0.1) is 19.1 Å². The number of morpholine rings is 1. The second kappa shape index (κ2) is 6.37. The number of hydrogen-bond donors (Lipinski definition) is 1. The number of ether oxygens (including phenoxy) is 1. The van der Waals surface area contributed by atoms with Crippen molar-refractivity contribution in [1.82, 2.24) is 10.2 Å². The molecule has 2 fully saturated rings. The van der Waals surface area contributed by atoms with Gasteiger partial charge in [-0.2, -0.15) is 0 Å². The maximum atomic E-state index is 12.3. The number of carbonyl (C=O) groups is 1. The van der Waals surface area contributed by atoms with Gasteiger partial charge in [-0.3, -0.25) is 4.79 Å². The molecule has 2 unspecified atom stereocenters. The fraction of sp³-hybridized carbons (Fsp3) is 0.562. The maximum absolute atomic E-state index is 12.3. The van der Waals surface area contributed by atoms with Gasteiger partial charge in [-0.15, -0.1) is 0 Å². The van der Waals surface area contributed by atoms with Gasteiger partial charge in [-0.05, 0) is 12.0 Å². The Morgan fingerprint density at radius 1 is 1.35 bits per heavy atom. The number of amides is 1. The van der Waals surface area contributed by atoms with E-state index in [9.17, 15) is 4.79 Å². The Morgan fingerprint density at radius 2 is 2.20 bits per heavy atom. The van der Waals surface area contributed by atoms with Crippen LogP contribution in [0.4, 0.5) is 0 Å². The van der Waals surface area contributed by atoms with Gasteiger partial charge < -0.3 is 15.0 Å². The molecule has 0 aromatic heterocycles. The van der Waals surface area contributed by atoms with E-state index in [2.05, 4.69) is 29.6 Å². The summed E-state index contributed by atoms with van der Waals surface area (Å²) in [6.45, 7) is 4.12. The molecule has 2 aliphatic heterocycles. The van der Waals surface area contributed by atoms with Crippen LogP contribution >= 0.6 is 0 Å². The summed E-state index contributed by atoms with van der Waals surface area (Å²) >= 11 is 0. The Labute approximate surface area is 120 Å².